The van der Waals surface area contributed by atoms with E-state index in [1.165, 1.54) is 38.3 Å². The number of imide groups is 1. The van der Waals surface area contributed by atoms with E-state index in [-0.39, 0.29) is 23.8 Å². The zero-order chi connectivity index (χ0) is 30.2. The van der Waals surface area contributed by atoms with Gasteiger partial charge < -0.3 is 19.7 Å². The highest BCUT2D eigenvalue weighted by molar-refractivity contribution is 6.24. The van der Waals surface area contributed by atoms with Gasteiger partial charge in [-0.2, -0.15) is 0 Å². The second-order valence-electron chi connectivity index (χ2n) is 10.2. The highest BCUT2D eigenvalue weighted by atomic mass is 16.5. The Morgan fingerprint density at radius 3 is 2.21 bits per heavy atom. The summed E-state index contributed by atoms with van der Waals surface area (Å²) in [4.78, 5) is 65.3. The number of Topliss-reactive ketones (excluding diaryl/α,β-unsaturated/α-hetero) is 1. The number of nitrogens with one attached hydrogen (secondary N) is 1. The summed E-state index contributed by atoms with van der Waals surface area (Å²) >= 11 is 0. The molecule has 3 aromatic carbocycles. The lowest BCUT2D eigenvalue weighted by molar-refractivity contribution is -0.154. The predicted molar refractivity (Wildman–Crippen MR) is 148 cm³/mol. The number of anilines is 1. The highest BCUT2D eigenvalue weighted by Gasteiger charge is 2.69. The van der Waals surface area contributed by atoms with E-state index in [1.54, 1.807) is 18.2 Å². The molecule has 2 aliphatic rings. The largest absolute Gasteiger partial charge is 0.493 e. The number of methoxy groups -OCH3 is 1. The molecule has 42 heavy (non-hydrogen) atoms. The maximum absolute atomic E-state index is 14.0. The van der Waals surface area contributed by atoms with Gasteiger partial charge in [0.1, 0.15) is 12.1 Å². The molecule has 3 N–H and O–H groups in total. The average molecular weight is 573 g/mol. The van der Waals surface area contributed by atoms with Crippen molar-refractivity contribution < 1.29 is 43.7 Å². The van der Waals surface area contributed by atoms with Crippen LogP contribution in [0.25, 0.3) is 0 Å². The lowest BCUT2D eigenvalue weighted by Crippen LogP contribution is -2.57. The molecule has 0 saturated carbocycles. The molecule has 2 saturated heterocycles. The number of benzene rings is 3. The van der Waals surface area contributed by atoms with Crippen molar-refractivity contribution in [1.82, 2.24) is 5.32 Å². The van der Waals surface area contributed by atoms with Crippen molar-refractivity contribution in [1.29, 1.82) is 0 Å². The molecule has 2 fully saturated rings. The minimum atomic E-state index is -2.30. The summed E-state index contributed by atoms with van der Waals surface area (Å²) in [5, 5.41) is 23.0. The smallest absolute Gasteiger partial charge is 0.325 e. The lowest BCUT2D eigenvalue weighted by atomic mass is 9.77. The van der Waals surface area contributed by atoms with Crippen LogP contribution in [0.4, 0.5) is 5.69 Å². The first-order valence-electron chi connectivity index (χ1n) is 13.1. The zero-order valence-electron chi connectivity index (χ0n) is 22.8. The summed E-state index contributed by atoms with van der Waals surface area (Å²) in [5.74, 6) is -7.11. The lowest BCUT2D eigenvalue weighted by Gasteiger charge is -2.30. The third kappa shape index (κ3) is 4.77. The number of para-hydroxylation sites is 1. The van der Waals surface area contributed by atoms with Crippen LogP contribution in [-0.4, -0.2) is 52.4 Å². The molecule has 2 amide bonds. The molecule has 11 heteroatoms. The van der Waals surface area contributed by atoms with Gasteiger partial charge in [-0.15, -0.1) is 0 Å². The second-order valence-corrected chi connectivity index (χ2v) is 10.2. The van der Waals surface area contributed by atoms with Gasteiger partial charge in [-0.1, -0.05) is 42.5 Å². The van der Waals surface area contributed by atoms with Gasteiger partial charge >= 0.3 is 11.9 Å². The van der Waals surface area contributed by atoms with Crippen molar-refractivity contribution in [2.45, 2.75) is 31.5 Å². The molecule has 5 rings (SSSR count). The number of hydrogen-bond donors (Lipinski definition) is 3. The van der Waals surface area contributed by atoms with Crippen LogP contribution in [0.15, 0.2) is 72.8 Å². The molecule has 3 aromatic rings. The molecule has 0 aliphatic carbocycles. The number of carboxylic acids is 2. The first-order chi connectivity index (χ1) is 20.1. The molecule has 216 valence electrons. The van der Waals surface area contributed by atoms with E-state index in [4.69, 9.17) is 9.47 Å². The van der Waals surface area contributed by atoms with E-state index in [9.17, 15) is 34.2 Å². The highest BCUT2D eigenvalue weighted by Crippen LogP contribution is 2.53. The number of hydrogen-bond acceptors (Lipinski definition) is 8. The monoisotopic (exact) mass is 572 g/mol. The first-order valence-corrected chi connectivity index (χ1v) is 13.1. The van der Waals surface area contributed by atoms with Crippen molar-refractivity contribution in [2.24, 2.45) is 11.8 Å². The molecule has 0 aromatic heterocycles. The average Bonchev–Trinajstić information content (AvgIpc) is 3.45. The Labute approximate surface area is 240 Å². The Balaban J connectivity index is 1.63. The fourth-order valence-corrected chi connectivity index (χ4v) is 5.87. The molecule has 0 radical (unpaired) electrons. The van der Waals surface area contributed by atoms with Gasteiger partial charge in [0.15, 0.2) is 17.3 Å². The van der Waals surface area contributed by atoms with E-state index < -0.39 is 53.6 Å². The van der Waals surface area contributed by atoms with Crippen molar-refractivity contribution >= 4 is 35.2 Å². The van der Waals surface area contributed by atoms with E-state index in [1.807, 2.05) is 30.3 Å². The SMILES string of the molecule is COc1cccc(C2NC(CC(=O)O)(C(=O)O)C3C(=O)N(c4ccc(C(C)=O)cc4)C(=O)C23)c1OCc1ccccc1. The van der Waals surface area contributed by atoms with Crippen LogP contribution in [-0.2, 0) is 25.8 Å². The summed E-state index contributed by atoms with van der Waals surface area (Å²) in [6, 6.07) is 18.8. The number of aliphatic carboxylic acids is 2. The summed E-state index contributed by atoms with van der Waals surface area (Å²) < 4.78 is 11.7. The Bertz CT molecular complexity index is 1570. The Kier molecular flexibility index (Phi) is 7.53. The van der Waals surface area contributed by atoms with Gasteiger partial charge in [0.2, 0.25) is 11.8 Å². The van der Waals surface area contributed by atoms with E-state index in [2.05, 4.69) is 5.32 Å². The van der Waals surface area contributed by atoms with Gasteiger partial charge in [0.25, 0.3) is 0 Å². The number of carboxylic acid groups (broad SMARTS) is 2. The third-order valence-electron chi connectivity index (χ3n) is 7.79. The molecular formula is C31H28N2O9. The maximum Gasteiger partial charge on any atom is 0.325 e. The molecule has 0 spiro atoms. The molecule has 11 nitrogen and oxygen atoms in total. The van der Waals surface area contributed by atoms with Gasteiger partial charge in [0, 0.05) is 17.2 Å². The van der Waals surface area contributed by atoms with Crippen molar-refractivity contribution in [3.63, 3.8) is 0 Å². The van der Waals surface area contributed by atoms with Crippen LogP contribution in [0, 0.1) is 11.8 Å². The van der Waals surface area contributed by atoms with E-state index >= 15 is 0 Å². The molecular weight excluding hydrogens is 544 g/mol. The van der Waals surface area contributed by atoms with Crippen molar-refractivity contribution in [3.05, 3.63) is 89.5 Å². The van der Waals surface area contributed by atoms with Crippen molar-refractivity contribution in [3.8, 4) is 11.5 Å². The quantitative estimate of drug-likeness (QED) is 0.243. The van der Waals surface area contributed by atoms with Crippen LogP contribution in [0.2, 0.25) is 0 Å². The van der Waals surface area contributed by atoms with Crippen LogP contribution < -0.4 is 19.7 Å². The molecule has 2 heterocycles. The molecule has 2 aliphatic heterocycles. The molecule has 0 bridgehead atoms. The fraction of sp³-hybridized carbons (Fsp3) is 0.258. The topological polar surface area (TPSA) is 160 Å². The standard InChI is InChI=1S/C31H28N2O9/c1-17(34)19-11-13-20(14-12-19)33-28(37)24-25(29(33)38)31(30(39)40,15-23(35)36)32-26(24)21-9-6-10-22(41-2)27(21)42-16-18-7-4-3-5-8-18/h3-14,24-26,32H,15-16H2,1-2H3,(H,35,36)(H,39,40). The van der Waals surface area contributed by atoms with Gasteiger partial charge in [-0.3, -0.25) is 29.3 Å². The minimum Gasteiger partial charge on any atom is -0.493 e. The van der Waals surface area contributed by atoms with Crippen molar-refractivity contribution in [2.75, 3.05) is 12.0 Å². The Morgan fingerprint density at radius 2 is 1.62 bits per heavy atom. The summed E-state index contributed by atoms with van der Waals surface area (Å²) in [6.07, 6.45) is -0.958. The second kappa shape index (κ2) is 11.1. The Morgan fingerprint density at radius 1 is 0.929 bits per heavy atom. The van der Waals surface area contributed by atoms with E-state index in [0.717, 1.165) is 10.5 Å². The van der Waals surface area contributed by atoms with E-state index in [0.29, 0.717) is 16.9 Å². The summed E-state index contributed by atoms with van der Waals surface area (Å²) in [5.41, 5.74) is -0.626. The number of rotatable bonds is 10. The number of carbonyl (C=O) groups excluding carboxylic acids is 3. The first kappa shape index (κ1) is 28.5. The van der Waals surface area contributed by atoms with Gasteiger partial charge in [-0.05, 0) is 42.8 Å². The number of ketones is 1. The van der Waals surface area contributed by atoms with Crippen LogP contribution in [0.5, 0.6) is 11.5 Å². The van der Waals surface area contributed by atoms with Crippen LogP contribution >= 0.6 is 0 Å². The minimum absolute atomic E-state index is 0.121. The molecule has 4 unspecified atom stereocenters. The number of amides is 2. The summed E-state index contributed by atoms with van der Waals surface area (Å²) in [6.45, 7) is 1.50. The Hall–Kier alpha value is -5.03. The molecule has 4 atom stereocenters. The van der Waals surface area contributed by atoms with Crippen LogP contribution in [0.1, 0.15) is 40.9 Å². The predicted octanol–water partition coefficient (Wildman–Crippen LogP) is 3.23. The van der Waals surface area contributed by atoms with Gasteiger partial charge in [-0.25, -0.2) is 4.90 Å². The number of carbonyl (C=O) groups is 5. The zero-order valence-corrected chi connectivity index (χ0v) is 22.8. The number of ether oxygens (including phenoxy) is 2. The van der Waals surface area contributed by atoms with Crippen LogP contribution in [0.3, 0.4) is 0 Å². The fourth-order valence-electron chi connectivity index (χ4n) is 5.87. The third-order valence-corrected chi connectivity index (χ3v) is 7.79. The number of nitrogens with zero attached hydrogens (tertiary/aromatic N) is 1. The maximum atomic E-state index is 14.0. The number of fused-ring (bicyclic) bond motifs is 1. The normalized spacial score (nSPS) is 23.0. The van der Waals surface area contributed by atoms with Gasteiger partial charge in [0.05, 0.1) is 31.1 Å². The summed E-state index contributed by atoms with van der Waals surface area (Å²) in [7, 11) is 1.43.